The molecule has 0 unspecified atom stereocenters. The Hall–Kier alpha value is -3.22. The van der Waals surface area contributed by atoms with E-state index in [1.807, 2.05) is 0 Å². The first-order chi connectivity index (χ1) is 11.7. The second-order valence-corrected chi connectivity index (χ2v) is 5.22. The quantitative estimate of drug-likeness (QED) is 0.751. The van der Waals surface area contributed by atoms with Crippen LogP contribution < -0.4 is 10.1 Å². The Morgan fingerprint density at radius 1 is 1.08 bits per heavy atom. The lowest BCUT2D eigenvalue weighted by Gasteiger charge is -2.12. The van der Waals surface area contributed by atoms with Crippen molar-refractivity contribution in [1.82, 2.24) is 10.2 Å². The van der Waals surface area contributed by atoms with Crippen LogP contribution in [0.4, 0.5) is 20.2 Å². The van der Waals surface area contributed by atoms with Crippen LogP contribution in [0, 0.1) is 11.6 Å². The van der Waals surface area contributed by atoms with Crippen LogP contribution in [0.2, 0.25) is 0 Å². The molecule has 0 fully saturated rings. The van der Waals surface area contributed by atoms with Crippen LogP contribution in [0.3, 0.4) is 0 Å². The number of anilines is 1. The molecule has 1 aromatic heterocycles. The van der Waals surface area contributed by atoms with Gasteiger partial charge in [-0.1, -0.05) is 6.07 Å². The minimum absolute atomic E-state index is 0.0807. The largest absolute Gasteiger partial charge is 0.497 e. The summed E-state index contributed by atoms with van der Waals surface area (Å²) in [7, 11) is 1.57. The molecule has 0 aliphatic carbocycles. The molecule has 0 amide bonds. The van der Waals surface area contributed by atoms with E-state index in [1.165, 1.54) is 24.4 Å². The third kappa shape index (κ3) is 2.21. The van der Waals surface area contributed by atoms with E-state index in [1.54, 1.807) is 25.3 Å². The van der Waals surface area contributed by atoms with Crippen molar-refractivity contribution in [2.24, 2.45) is 4.99 Å². The van der Waals surface area contributed by atoms with Gasteiger partial charge in [-0.05, 0) is 30.3 Å². The summed E-state index contributed by atoms with van der Waals surface area (Å²) in [5.74, 6) is -0.652. The molecule has 120 valence electrons. The zero-order valence-electron chi connectivity index (χ0n) is 12.6. The van der Waals surface area contributed by atoms with Gasteiger partial charge in [0.05, 0.1) is 24.6 Å². The van der Waals surface area contributed by atoms with Gasteiger partial charge >= 0.3 is 0 Å². The van der Waals surface area contributed by atoms with E-state index in [9.17, 15) is 8.78 Å². The Kier molecular flexibility index (Phi) is 3.26. The van der Waals surface area contributed by atoms with Crippen LogP contribution in [0.1, 0.15) is 5.56 Å². The van der Waals surface area contributed by atoms with E-state index >= 15 is 0 Å². The highest BCUT2D eigenvalue weighted by molar-refractivity contribution is 6.13. The Morgan fingerprint density at radius 2 is 1.88 bits per heavy atom. The number of methoxy groups -OCH3 is 1. The molecule has 4 rings (SSSR count). The lowest BCUT2D eigenvalue weighted by Crippen LogP contribution is -2.16. The molecule has 3 aromatic rings. The topological polar surface area (TPSA) is 62.3 Å². The molecule has 2 aromatic carbocycles. The van der Waals surface area contributed by atoms with Crippen molar-refractivity contribution in [3.8, 4) is 17.0 Å². The monoisotopic (exact) mass is 326 g/mol. The fourth-order valence-corrected chi connectivity index (χ4v) is 2.65. The molecule has 0 saturated carbocycles. The number of amidine groups is 1. The molecule has 0 saturated heterocycles. The number of nitrogens with one attached hydrogen (secondary N) is 2. The van der Waals surface area contributed by atoms with Gasteiger partial charge in [0.25, 0.3) is 0 Å². The van der Waals surface area contributed by atoms with Crippen LogP contribution >= 0.6 is 0 Å². The zero-order chi connectivity index (χ0) is 16.7. The number of halogens is 2. The van der Waals surface area contributed by atoms with Crippen molar-refractivity contribution in [2.45, 2.75) is 0 Å². The first kappa shape index (κ1) is 14.4. The average Bonchev–Trinajstić information content (AvgIpc) is 2.97. The maximum absolute atomic E-state index is 14.2. The van der Waals surface area contributed by atoms with Crippen LogP contribution in [0.25, 0.3) is 11.3 Å². The van der Waals surface area contributed by atoms with Crippen LogP contribution in [-0.2, 0) is 0 Å². The molecule has 0 spiro atoms. The average molecular weight is 326 g/mol. The van der Waals surface area contributed by atoms with Gasteiger partial charge in [0.15, 0.2) is 0 Å². The third-order valence-electron chi connectivity index (χ3n) is 3.80. The fourth-order valence-electron chi connectivity index (χ4n) is 2.65. The molecular formula is C17H12F2N4O. The van der Waals surface area contributed by atoms with E-state index in [0.717, 1.165) is 5.56 Å². The molecule has 5 nitrogen and oxygen atoms in total. The second-order valence-electron chi connectivity index (χ2n) is 5.22. The molecule has 1 aliphatic heterocycles. The molecule has 0 atom stereocenters. The summed E-state index contributed by atoms with van der Waals surface area (Å²) in [4.78, 5) is 4.35. The second kappa shape index (κ2) is 5.45. The van der Waals surface area contributed by atoms with Gasteiger partial charge in [-0.25, -0.2) is 13.8 Å². The number of nitrogens with zero attached hydrogens (tertiary/aromatic N) is 2. The Bertz CT molecular complexity index is 945. The number of hydrogen-bond donors (Lipinski definition) is 2. The molecule has 2 N–H and O–H groups in total. The number of rotatable bonds is 2. The lowest BCUT2D eigenvalue weighted by molar-refractivity contribution is 0.415. The van der Waals surface area contributed by atoms with Crippen molar-refractivity contribution in [2.75, 3.05) is 12.4 Å². The van der Waals surface area contributed by atoms with Gasteiger partial charge in [0.1, 0.15) is 28.9 Å². The molecule has 24 heavy (non-hydrogen) atoms. The van der Waals surface area contributed by atoms with Crippen molar-refractivity contribution in [1.29, 1.82) is 0 Å². The normalized spacial score (nSPS) is 12.5. The number of hydrogen-bond acceptors (Lipinski definition) is 4. The Labute approximate surface area is 136 Å². The molecule has 7 heteroatoms. The number of aliphatic imine (C=N–C) groups is 1. The predicted octanol–water partition coefficient (Wildman–Crippen LogP) is 3.87. The van der Waals surface area contributed by atoms with E-state index in [4.69, 9.17) is 4.74 Å². The van der Waals surface area contributed by atoms with Gasteiger partial charge in [-0.2, -0.15) is 5.10 Å². The minimum atomic E-state index is -0.691. The summed E-state index contributed by atoms with van der Waals surface area (Å²) in [6, 6.07) is 9.02. The number of aromatic nitrogens is 2. The molecule has 1 aliphatic rings. The number of benzene rings is 2. The number of fused-ring (bicyclic) bond motifs is 3. The van der Waals surface area contributed by atoms with E-state index in [2.05, 4.69) is 20.5 Å². The van der Waals surface area contributed by atoms with E-state index in [-0.39, 0.29) is 11.4 Å². The highest BCUT2D eigenvalue weighted by Gasteiger charge is 2.23. The molecule has 0 radical (unpaired) electrons. The number of ether oxygens (including phenoxy) is 1. The third-order valence-corrected chi connectivity index (χ3v) is 3.80. The van der Waals surface area contributed by atoms with Gasteiger partial charge in [-0.15, -0.1) is 0 Å². The molecule has 0 bridgehead atoms. The van der Waals surface area contributed by atoms with Crippen LogP contribution in [-0.4, -0.2) is 23.1 Å². The van der Waals surface area contributed by atoms with Crippen molar-refractivity contribution < 1.29 is 13.5 Å². The first-order valence-corrected chi connectivity index (χ1v) is 7.19. The SMILES string of the molecule is COc1ccc2c(c1)-c1[nH]ncc1N=C(c1c(F)cccc1F)N2. The van der Waals surface area contributed by atoms with Crippen molar-refractivity contribution in [3.63, 3.8) is 0 Å². The highest BCUT2D eigenvalue weighted by Crippen LogP contribution is 2.39. The van der Waals surface area contributed by atoms with E-state index in [0.29, 0.717) is 22.8 Å². The molecule has 2 heterocycles. The van der Waals surface area contributed by atoms with E-state index < -0.39 is 11.6 Å². The van der Waals surface area contributed by atoms with Crippen LogP contribution in [0.5, 0.6) is 5.75 Å². The van der Waals surface area contributed by atoms with Gasteiger partial charge in [0.2, 0.25) is 0 Å². The maximum atomic E-state index is 14.2. The summed E-state index contributed by atoms with van der Waals surface area (Å²) in [5, 5.41) is 9.86. The standard InChI is InChI=1S/C17H12F2N4O/c1-24-9-5-6-13-10(7-9)16-14(8-20-23-16)22-17(21-13)15-11(18)3-2-4-12(15)19/h2-8H,1H3,(H,20,23)(H,21,22). The summed E-state index contributed by atoms with van der Waals surface area (Å²) < 4.78 is 33.6. The zero-order valence-corrected chi connectivity index (χ0v) is 12.6. The Balaban J connectivity index is 1.94. The smallest absolute Gasteiger partial charge is 0.144 e. The van der Waals surface area contributed by atoms with Crippen molar-refractivity contribution >= 4 is 17.2 Å². The number of aromatic amines is 1. The highest BCUT2D eigenvalue weighted by atomic mass is 19.1. The minimum Gasteiger partial charge on any atom is -0.497 e. The first-order valence-electron chi connectivity index (χ1n) is 7.19. The Morgan fingerprint density at radius 3 is 2.62 bits per heavy atom. The number of H-pyrrole nitrogens is 1. The summed E-state index contributed by atoms with van der Waals surface area (Å²) in [6.07, 6.45) is 1.50. The van der Waals surface area contributed by atoms with Crippen LogP contribution in [0.15, 0.2) is 47.6 Å². The van der Waals surface area contributed by atoms with Crippen molar-refractivity contribution in [3.05, 3.63) is 59.8 Å². The van der Waals surface area contributed by atoms with Gasteiger partial charge < -0.3 is 10.1 Å². The lowest BCUT2D eigenvalue weighted by atomic mass is 10.1. The fraction of sp³-hybridized carbons (Fsp3) is 0.0588. The van der Waals surface area contributed by atoms with Gasteiger partial charge in [-0.3, -0.25) is 5.10 Å². The summed E-state index contributed by atoms with van der Waals surface area (Å²) in [6.45, 7) is 0. The summed E-state index contributed by atoms with van der Waals surface area (Å²) >= 11 is 0. The molecular weight excluding hydrogens is 314 g/mol. The summed E-state index contributed by atoms with van der Waals surface area (Å²) in [5.41, 5.74) is 2.29. The predicted molar refractivity (Wildman–Crippen MR) is 86.8 cm³/mol. The van der Waals surface area contributed by atoms with Gasteiger partial charge in [0, 0.05) is 11.3 Å². The maximum Gasteiger partial charge on any atom is 0.144 e.